The number of carbonyl (C=O) groups is 1. The summed E-state index contributed by atoms with van der Waals surface area (Å²) in [6.45, 7) is 6.81. The van der Waals surface area contributed by atoms with Crippen LogP contribution in [0.25, 0.3) is 0 Å². The first-order valence-electron chi connectivity index (χ1n) is 9.87. The molecule has 31 heavy (non-hydrogen) atoms. The maximum Gasteiger partial charge on any atom is 0.416 e. The molecule has 164 valence electrons. The summed E-state index contributed by atoms with van der Waals surface area (Å²) in [5.74, 6) is 0.575. The fourth-order valence-electron chi connectivity index (χ4n) is 3.10. The topological polar surface area (TPSA) is 45.5 Å². The molecule has 0 saturated carbocycles. The summed E-state index contributed by atoms with van der Waals surface area (Å²) in [5.41, 5.74) is 1.33. The number of nitrogens with zero attached hydrogens (tertiary/aromatic N) is 1. The van der Waals surface area contributed by atoms with Gasteiger partial charge in [0.25, 0.3) is 0 Å². The van der Waals surface area contributed by atoms with Crippen LogP contribution in [0, 0.1) is 0 Å². The van der Waals surface area contributed by atoms with Gasteiger partial charge >= 0.3 is 12.2 Å². The SMILES string of the molecule is CC(C)(C)c1ccc(CN(Cc2ccco2)C(=O)Nc2cccc(C(F)(F)F)c2)cc1. The highest BCUT2D eigenvalue weighted by molar-refractivity contribution is 5.89. The predicted octanol–water partition coefficient (Wildman–Crippen LogP) is 6.83. The molecule has 1 N–H and O–H groups in total. The third kappa shape index (κ3) is 6.13. The molecule has 3 aromatic rings. The first-order valence-corrected chi connectivity index (χ1v) is 9.87. The zero-order valence-corrected chi connectivity index (χ0v) is 17.7. The molecule has 0 aliphatic rings. The Bertz CT molecular complexity index is 1000. The normalized spacial score (nSPS) is 11.9. The molecule has 7 heteroatoms. The smallest absolute Gasteiger partial charge is 0.416 e. The van der Waals surface area contributed by atoms with Crippen molar-refractivity contribution in [3.63, 3.8) is 0 Å². The Morgan fingerprint density at radius 3 is 2.23 bits per heavy atom. The lowest BCUT2D eigenvalue weighted by Gasteiger charge is -2.24. The van der Waals surface area contributed by atoms with Gasteiger partial charge in [0.15, 0.2) is 0 Å². The van der Waals surface area contributed by atoms with E-state index in [0.717, 1.165) is 17.7 Å². The standard InChI is InChI=1S/C24H25F3N2O2/c1-23(2,3)18-11-9-17(10-12-18)15-29(16-21-8-5-13-31-21)22(30)28-20-7-4-6-19(14-20)24(25,26)27/h4-14H,15-16H2,1-3H3,(H,28,30). The van der Waals surface area contributed by atoms with Crippen molar-refractivity contribution in [1.29, 1.82) is 0 Å². The molecule has 4 nitrogen and oxygen atoms in total. The van der Waals surface area contributed by atoms with Crippen molar-refractivity contribution in [3.05, 3.63) is 89.4 Å². The van der Waals surface area contributed by atoms with Gasteiger partial charge in [-0.2, -0.15) is 13.2 Å². The van der Waals surface area contributed by atoms with Crippen molar-refractivity contribution in [1.82, 2.24) is 4.90 Å². The number of furan rings is 1. The highest BCUT2D eigenvalue weighted by Crippen LogP contribution is 2.31. The third-order valence-corrected chi connectivity index (χ3v) is 4.85. The summed E-state index contributed by atoms with van der Waals surface area (Å²) in [4.78, 5) is 14.4. The number of hydrogen-bond donors (Lipinski definition) is 1. The Balaban J connectivity index is 1.79. The Kier molecular flexibility index (Phi) is 6.43. The van der Waals surface area contributed by atoms with Crippen molar-refractivity contribution in [2.45, 2.75) is 45.5 Å². The monoisotopic (exact) mass is 430 g/mol. The number of nitrogens with one attached hydrogen (secondary N) is 1. The van der Waals surface area contributed by atoms with E-state index in [1.165, 1.54) is 28.9 Å². The van der Waals surface area contributed by atoms with Gasteiger partial charge < -0.3 is 14.6 Å². The average molecular weight is 430 g/mol. The van der Waals surface area contributed by atoms with Crippen LogP contribution in [0.15, 0.2) is 71.3 Å². The summed E-state index contributed by atoms with van der Waals surface area (Å²) in [6, 6.07) is 15.5. The van der Waals surface area contributed by atoms with Crippen LogP contribution in [0.2, 0.25) is 0 Å². The van der Waals surface area contributed by atoms with Crippen molar-refractivity contribution < 1.29 is 22.4 Å². The first-order chi connectivity index (χ1) is 14.5. The van der Waals surface area contributed by atoms with Crippen LogP contribution >= 0.6 is 0 Å². The van der Waals surface area contributed by atoms with Gasteiger partial charge in [0.2, 0.25) is 0 Å². The van der Waals surface area contributed by atoms with E-state index in [1.807, 2.05) is 24.3 Å². The van der Waals surface area contributed by atoms with Gasteiger partial charge in [0.05, 0.1) is 18.4 Å². The highest BCUT2D eigenvalue weighted by atomic mass is 19.4. The number of anilines is 1. The molecule has 3 rings (SSSR count). The second kappa shape index (κ2) is 8.88. The fourth-order valence-corrected chi connectivity index (χ4v) is 3.10. The molecule has 1 heterocycles. The molecule has 0 radical (unpaired) electrons. The molecule has 0 aliphatic heterocycles. The highest BCUT2D eigenvalue weighted by Gasteiger charge is 2.30. The molecular formula is C24H25F3N2O2. The van der Waals surface area contributed by atoms with Gasteiger partial charge in [-0.1, -0.05) is 51.1 Å². The van der Waals surface area contributed by atoms with Crippen molar-refractivity contribution in [2.75, 3.05) is 5.32 Å². The number of urea groups is 1. The summed E-state index contributed by atoms with van der Waals surface area (Å²) in [7, 11) is 0. The number of benzene rings is 2. The molecule has 0 aliphatic carbocycles. The van der Waals surface area contributed by atoms with Crippen LogP contribution in [0.3, 0.4) is 0 Å². The molecule has 0 fully saturated rings. The Morgan fingerprint density at radius 2 is 1.65 bits per heavy atom. The predicted molar refractivity (Wildman–Crippen MR) is 114 cm³/mol. The minimum Gasteiger partial charge on any atom is -0.467 e. The number of carbonyl (C=O) groups excluding carboxylic acids is 1. The molecule has 2 aromatic carbocycles. The first kappa shape index (κ1) is 22.5. The molecule has 1 aromatic heterocycles. The van der Waals surface area contributed by atoms with E-state index >= 15 is 0 Å². The van der Waals surface area contributed by atoms with Crippen LogP contribution in [-0.2, 0) is 24.7 Å². The summed E-state index contributed by atoms with van der Waals surface area (Å²) >= 11 is 0. The second-order valence-corrected chi connectivity index (χ2v) is 8.39. The number of amides is 2. The van der Waals surface area contributed by atoms with Crippen LogP contribution in [-0.4, -0.2) is 10.9 Å². The van der Waals surface area contributed by atoms with Gasteiger partial charge in [-0.05, 0) is 46.9 Å². The van der Waals surface area contributed by atoms with E-state index < -0.39 is 17.8 Å². The Labute approximate surface area is 179 Å². The fraction of sp³-hybridized carbons (Fsp3) is 0.292. The zero-order chi connectivity index (χ0) is 22.6. The lowest BCUT2D eigenvalue weighted by atomic mass is 9.87. The number of hydrogen-bond acceptors (Lipinski definition) is 2. The quantitative estimate of drug-likeness (QED) is 0.482. The molecule has 0 unspecified atom stereocenters. The molecule has 0 spiro atoms. The van der Waals surface area contributed by atoms with Gasteiger partial charge in [-0.15, -0.1) is 0 Å². The molecule has 0 saturated heterocycles. The van der Waals surface area contributed by atoms with Crippen molar-refractivity contribution >= 4 is 11.7 Å². The number of alkyl halides is 3. The van der Waals surface area contributed by atoms with Crippen molar-refractivity contribution in [2.24, 2.45) is 0 Å². The molecule has 2 amide bonds. The van der Waals surface area contributed by atoms with Gasteiger partial charge in [0, 0.05) is 12.2 Å². The maximum atomic E-state index is 13.0. The third-order valence-electron chi connectivity index (χ3n) is 4.85. The lowest BCUT2D eigenvalue weighted by Crippen LogP contribution is -2.34. The van der Waals surface area contributed by atoms with Crippen LogP contribution in [0.4, 0.5) is 23.7 Å². The molecular weight excluding hydrogens is 405 g/mol. The minimum atomic E-state index is -4.48. The van der Waals surface area contributed by atoms with Crippen LogP contribution in [0.5, 0.6) is 0 Å². The minimum absolute atomic E-state index is 0.00720. The van der Waals surface area contributed by atoms with Gasteiger partial charge in [-0.3, -0.25) is 0 Å². The van der Waals surface area contributed by atoms with Crippen LogP contribution in [0.1, 0.15) is 43.2 Å². The number of halogens is 3. The summed E-state index contributed by atoms with van der Waals surface area (Å²) in [6.07, 6.45) is -2.97. The van der Waals surface area contributed by atoms with Crippen molar-refractivity contribution in [3.8, 4) is 0 Å². The molecule has 0 bridgehead atoms. The summed E-state index contributed by atoms with van der Waals surface area (Å²) in [5, 5.41) is 2.57. The van der Waals surface area contributed by atoms with Crippen LogP contribution < -0.4 is 5.32 Å². The summed E-state index contributed by atoms with van der Waals surface area (Å²) < 4.78 is 44.3. The molecule has 0 atom stereocenters. The van der Waals surface area contributed by atoms with E-state index in [0.29, 0.717) is 5.76 Å². The van der Waals surface area contributed by atoms with E-state index in [4.69, 9.17) is 4.42 Å². The Morgan fingerprint density at radius 1 is 0.935 bits per heavy atom. The van der Waals surface area contributed by atoms with Gasteiger partial charge in [-0.25, -0.2) is 4.79 Å². The van der Waals surface area contributed by atoms with E-state index in [2.05, 4.69) is 26.1 Å². The average Bonchev–Trinajstić information content (AvgIpc) is 3.20. The zero-order valence-electron chi connectivity index (χ0n) is 17.7. The largest absolute Gasteiger partial charge is 0.467 e. The van der Waals surface area contributed by atoms with E-state index in [1.54, 1.807) is 12.1 Å². The number of rotatable bonds is 5. The Hall–Kier alpha value is -3.22. The lowest BCUT2D eigenvalue weighted by molar-refractivity contribution is -0.137. The van der Waals surface area contributed by atoms with E-state index in [-0.39, 0.29) is 24.2 Å². The van der Waals surface area contributed by atoms with E-state index in [9.17, 15) is 18.0 Å². The second-order valence-electron chi connectivity index (χ2n) is 8.39. The van der Waals surface area contributed by atoms with Gasteiger partial charge in [0.1, 0.15) is 5.76 Å². The maximum absolute atomic E-state index is 13.0.